The van der Waals surface area contributed by atoms with E-state index in [4.69, 9.17) is 4.74 Å². The monoisotopic (exact) mass is 368 g/mol. The van der Waals surface area contributed by atoms with Crippen LogP contribution >= 0.6 is 0 Å². The van der Waals surface area contributed by atoms with Gasteiger partial charge in [-0.2, -0.15) is 0 Å². The quantitative estimate of drug-likeness (QED) is 0.813. The number of carbonyl (C=O) groups excluding carboxylic acids is 1. The number of amides is 1. The van der Waals surface area contributed by atoms with E-state index in [0.29, 0.717) is 37.9 Å². The number of para-hydroxylation sites is 1. The van der Waals surface area contributed by atoms with Gasteiger partial charge in [0.1, 0.15) is 11.6 Å². The van der Waals surface area contributed by atoms with Crippen LogP contribution in [-0.2, 0) is 29.4 Å². The summed E-state index contributed by atoms with van der Waals surface area (Å²) in [5, 5.41) is 0. The van der Waals surface area contributed by atoms with Gasteiger partial charge in [-0.3, -0.25) is 14.2 Å². The first-order valence-corrected chi connectivity index (χ1v) is 9.34. The van der Waals surface area contributed by atoms with Gasteiger partial charge in [-0.15, -0.1) is 0 Å². The molecule has 27 heavy (non-hydrogen) atoms. The Morgan fingerprint density at radius 3 is 2.78 bits per heavy atom. The molecular weight excluding hydrogens is 344 g/mol. The largest absolute Gasteiger partial charge is 0.378 e. The normalized spacial score (nSPS) is 19.3. The lowest BCUT2D eigenvalue weighted by Gasteiger charge is -2.28. The van der Waals surface area contributed by atoms with Crippen LogP contribution in [0.2, 0.25) is 0 Å². The van der Waals surface area contributed by atoms with Gasteiger partial charge in [0, 0.05) is 37.9 Å². The number of aromatic nitrogens is 2. The molecule has 0 saturated carbocycles. The highest BCUT2D eigenvalue weighted by Gasteiger charge is 2.31. The molecule has 1 aromatic carbocycles. The van der Waals surface area contributed by atoms with E-state index in [-0.39, 0.29) is 23.9 Å². The smallest absolute Gasteiger partial charge is 0.255 e. The first-order valence-electron chi connectivity index (χ1n) is 9.34. The average Bonchev–Trinajstić information content (AvgIpc) is 3.01. The Kier molecular flexibility index (Phi) is 4.70. The van der Waals surface area contributed by atoms with Crippen molar-refractivity contribution in [2.24, 2.45) is 7.05 Å². The average molecular weight is 368 g/mol. The van der Waals surface area contributed by atoms with Gasteiger partial charge < -0.3 is 14.5 Å². The highest BCUT2D eigenvalue weighted by molar-refractivity contribution is 5.97. The van der Waals surface area contributed by atoms with Crippen molar-refractivity contribution in [2.45, 2.75) is 25.8 Å². The van der Waals surface area contributed by atoms with Crippen LogP contribution in [0.5, 0.6) is 0 Å². The fourth-order valence-corrected chi connectivity index (χ4v) is 3.85. The highest BCUT2D eigenvalue weighted by atomic mass is 16.5. The zero-order chi connectivity index (χ0) is 19.0. The van der Waals surface area contributed by atoms with E-state index in [0.717, 1.165) is 12.1 Å². The molecule has 2 aromatic rings. The van der Waals surface area contributed by atoms with Crippen LogP contribution < -0.4 is 15.4 Å². The van der Waals surface area contributed by atoms with E-state index in [2.05, 4.69) is 18.0 Å². The first kappa shape index (κ1) is 17.7. The lowest BCUT2D eigenvalue weighted by atomic mass is 10.1. The Morgan fingerprint density at radius 2 is 2.00 bits per heavy atom. The minimum atomic E-state index is -0.149. The van der Waals surface area contributed by atoms with Crippen molar-refractivity contribution >= 4 is 17.4 Å². The predicted octanol–water partition coefficient (Wildman–Crippen LogP) is 1.14. The molecule has 1 fully saturated rings. The van der Waals surface area contributed by atoms with Crippen molar-refractivity contribution in [2.75, 3.05) is 36.1 Å². The summed E-state index contributed by atoms with van der Waals surface area (Å²) in [4.78, 5) is 34.0. The van der Waals surface area contributed by atoms with E-state index in [9.17, 15) is 9.59 Å². The molecule has 142 valence electrons. The number of morpholine rings is 1. The van der Waals surface area contributed by atoms with Gasteiger partial charge >= 0.3 is 0 Å². The van der Waals surface area contributed by atoms with Crippen LogP contribution in [0.1, 0.15) is 18.3 Å². The van der Waals surface area contributed by atoms with Crippen molar-refractivity contribution in [1.82, 2.24) is 9.55 Å². The van der Waals surface area contributed by atoms with Gasteiger partial charge in [0.05, 0.1) is 19.6 Å². The van der Waals surface area contributed by atoms with E-state index in [1.165, 1.54) is 16.2 Å². The molecular formula is C20H24N4O3. The van der Waals surface area contributed by atoms with Gasteiger partial charge in [0.15, 0.2) is 0 Å². The third kappa shape index (κ3) is 3.35. The zero-order valence-corrected chi connectivity index (χ0v) is 15.7. The summed E-state index contributed by atoms with van der Waals surface area (Å²) in [6, 6.07) is 9.63. The first-order chi connectivity index (χ1) is 13.0. The molecule has 1 saturated heterocycles. The second-order valence-electron chi connectivity index (χ2n) is 7.15. The van der Waals surface area contributed by atoms with Crippen LogP contribution in [0.25, 0.3) is 0 Å². The minimum Gasteiger partial charge on any atom is -0.378 e. The molecule has 7 nitrogen and oxygen atoms in total. The molecule has 7 heteroatoms. The molecule has 0 unspecified atom stereocenters. The van der Waals surface area contributed by atoms with Crippen molar-refractivity contribution in [3.8, 4) is 0 Å². The third-order valence-corrected chi connectivity index (χ3v) is 5.33. The number of nitrogens with zero attached hydrogens (tertiary/aromatic N) is 4. The maximum absolute atomic E-state index is 13.1. The number of rotatable bonds is 3. The lowest BCUT2D eigenvalue weighted by Crippen LogP contribution is -2.40. The summed E-state index contributed by atoms with van der Waals surface area (Å²) in [5.74, 6) is 1.08. The Balaban J connectivity index is 1.61. The lowest BCUT2D eigenvalue weighted by molar-refractivity contribution is -0.118. The number of hydrogen-bond donors (Lipinski definition) is 0. The number of carbonyl (C=O) groups is 1. The molecule has 0 N–H and O–H groups in total. The summed E-state index contributed by atoms with van der Waals surface area (Å²) in [6.45, 7) is 4.68. The van der Waals surface area contributed by atoms with E-state index in [1.54, 1.807) is 7.05 Å². The number of hydrogen-bond acceptors (Lipinski definition) is 5. The maximum atomic E-state index is 13.1. The molecule has 1 aromatic heterocycles. The molecule has 4 rings (SSSR count). The van der Waals surface area contributed by atoms with E-state index < -0.39 is 0 Å². The molecule has 1 atom stereocenters. The predicted molar refractivity (Wildman–Crippen MR) is 103 cm³/mol. The topological polar surface area (TPSA) is 67.7 Å². The van der Waals surface area contributed by atoms with Crippen LogP contribution in [0.4, 0.5) is 11.5 Å². The number of fused-ring (bicyclic) bond motifs is 1. The van der Waals surface area contributed by atoms with Gasteiger partial charge in [-0.1, -0.05) is 18.2 Å². The molecule has 0 aliphatic carbocycles. The molecule has 1 amide bonds. The Hall–Kier alpha value is -2.67. The fourth-order valence-electron chi connectivity index (χ4n) is 3.85. The second-order valence-corrected chi connectivity index (χ2v) is 7.15. The van der Waals surface area contributed by atoms with E-state index >= 15 is 0 Å². The zero-order valence-electron chi connectivity index (χ0n) is 15.7. The summed E-state index contributed by atoms with van der Waals surface area (Å²) < 4.78 is 6.84. The SMILES string of the molecule is C[C@@H]1Cc2ccccc2N1C(=O)Cc1nc(N2CCOCC2)cc(=O)n1C. The Bertz CT molecular complexity index is 918. The summed E-state index contributed by atoms with van der Waals surface area (Å²) in [5.41, 5.74) is 2.00. The molecule has 0 radical (unpaired) electrons. The van der Waals surface area contributed by atoms with Crippen LogP contribution in [0.3, 0.4) is 0 Å². The summed E-state index contributed by atoms with van der Waals surface area (Å²) >= 11 is 0. The van der Waals surface area contributed by atoms with Gasteiger partial charge in [-0.05, 0) is 25.0 Å². The van der Waals surface area contributed by atoms with Crippen LogP contribution in [0.15, 0.2) is 35.1 Å². The fraction of sp³-hybridized carbons (Fsp3) is 0.450. The van der Waals surface area contributed by atoms with Gasteiger partial charge in [-0.25, -0.2) is 4.98 Å². The van der Waals surface area contributed by atoms with Crippen molar-refractivity contribution in [3.05, 3.63) is 52.1 Å². The number of benzene rings is 1. The Morgan fingerprint density at radius 1 is 1.26 bits per heavy atom. The van der Waals surface area contributed by atoms with Crippen molar-refractivity contribution in [1.29, 1.82) is 0 Å². The number of ether oxygens (including phenoxy) is 1. The maximum Gasteiger partial charge on any atom is 0.255 e. The molecule has 2 aliphatic heterocycles. The van der Waals surface area contributed by atoms with Gasteiger partial charge in [0.2, 0.25) is 5.91 Å². The van der Waals surface area contributed by atoms with E-state index in [1.807, 2.05) is 28.0 Å². The highest BCUT2D eigenvalue weighted by Crippen LogP contribution is 2.32. The molecule has 3 heterocycles. The minimum absolute atomic E-state index is 0.0333. The van der Waals surface area contributed by atoms with Crippen molar-refractivity contribution in [3.63, 3.8) is 0 Å². The Labute approximate surface area is 158 Å². The van der Waals surface area contributed by atoms with Crippen LogP contribution in [-0.4, -0.2) is 47.8 Å². The summed E-state index contributed by atoms with van der Waals surface area (Å²) in [7, 11) is 1.67. The van der Waals surface area contributed by atoms with Crippen LogP contribution in [0, 0.1) is 0 Å². The molecule has 0 spiro atoms. The van der Waals surface area contributed by atoms with Crippen molar-refractivity contribution < 1.29 is 9.53 Å². The third-order valence-electron chi connectivity index (χ3n) is 5.33. The van der Waals surface area contributed by atoms with Gasteiger partial charge in [0.25, 0.3) is 5.56 Å². The number of anilines is 2. The molecule has 2 aliphatic rings. The summed E-state index contributed by atoms with van der Waals surface area (Å²) in [6.07, 6.45) is 0.949. The second kappa shape index (κ2) is 7.15. The molecule has 0 bridgehead atoms. The standard InChI is InChI=1S/C20H24N4O3/c1-14-11-15-5-3-4-6-16(15)24(14)20(26)12-17-21-18(13-19(25)22(17)2)23-7-9-27-10-8-23/h3-6,13-14H,7-12H2,1-2H3/t14-/m1/s1.